The number of hydrogen-bond donors (Lipinski definition) is 3. The smallest absolute Gasteiger partial charge is 0.386 e. The third-order valence-corrected chi connectivity index (χ3v) is 4.21. The molecule has 0 amide bonds. The van der Waals surface area contributed by atoms with E-state index in [0.29, 0.717) is 23.1 Å². The van der Waals surface area contributed by atoms with E-state index in [2.05, 4.69) is 27.0 Å². The Morgan fingerprint density at radius 1 is 1.22 bits per heavy atom. The zero-order valence-corrected chi connectivity index (χ0v) is 14.9. The molecular formula is C20H20N5O2+. The molecule has 2 heterocycles. The number of ether oxygens (including phenoxy) is 1. The van der Waals surface area contributed by atoms with E-state index in [4.69, 9.17) is 4.74 Å². The van der Waals surface area contributed by atoms with E-state index in [0.717, 1.165) is 22.5 Å². The van der Waals surface area contributed by atoms with Crippen LogP contribution in [0.1, 0.15) is 6.92 Å². The van der Waals surface area contributed by atoms with Crippen LogP contribution in [0, 0.1) is 0 Å². The summed E-state index contributed by atoms with van der Waals surface area (Å²) in [5.74, 6) is 1.35. The summed E-state index contributed by atoms with van der Waals surface area (Å²) in [7, 11) is 0. The molecule has 0 aliphatic heterocycles. The van der Waals surface area contributed by atoms with Crippen molar-refractivity contribution in [1.29, 1.82) is 0 Å². The van der Waals surface area contributed by atoms with E-state index >= 15 is 0 Å². The standard InChI is InChI=1S/C20H19N5O2/c1-3-27-15-10-8-14(9-11-15)21-12-16-13(2)24-25(19(16)26)20-22-17-6-4-5-7-18(17)23-20/h4-12,21,24H,2-3H2,1H3,(H,22,23)/p+1. The number of para-hydroxylation sites is 2. The number of fused-ring (bicyclic) bond motifs is 1. The van der Waals surface area contributed by atoms with E-state index in [-0.39, 0.29) is 5.56 Å². The van der Waals surface area contributed by atoms with Gasteiger partial charge in [-0.2, -0.15) is 0 Å². The van der Waals surface area contributed by atoms with Crippen LogP contribution in [0.5, 0.6) is 5.75 Å². The minimum absolute atomic E-state index is 0.207. The monoisotopic (exact) mass is 362 g/mol. The van der Waals surface area contributed by atoms with Gasteiger partial charge in [0, 0.05) is 11.9 Å². The van der Waals surface area contributed by atoms with Crippen LogP contribution >= 0.6 is 0 Å². The van der Waals surface area contributed by atoms with Crippen molar-refractivity contribution in [3.8, 4) is 11.7 Å². The molecule has 0 unspecified atom stereocenters. The van der Waals surface area contributed by atoms with E-state index in [9.17, 15) is 4.79 Å². The van der Waals surface area contributed by atoms with Crippen molar-refractivity contribution in [3.05, 3.63) is 69.5 Å². The highest BCUT2D eigenvalue weighted by atomic mass is 16.5. The summed E-state index contributed by atoms with van der Waals surface area (Å²) in [6.07, 6.45) is 1.65. The normalized spacial score (nSPS) is 11.8. The Balaban J connectivity index is 1.67. The second-order valence-electron chi connectivity index (χ2n) is 6.03. The lowest BCUT2D eigenvalue weighted by molar-refractivity contribution is -0.340. The zero-order chi connectivity index (χ0) is 18.8. The third-order valence-electron chi connectivity index (χ3n) is 4.21. The summed E-state index contributed by atoms with van der Waals surface area (Å²) >= 11 is 0. The van der Waals surface area contributed by atoms with Gasteiger partial charge in [-0.1, -0.05) is 23.4 Å². The number of nitrogens with one attached hydrogen (secondary N) is 4. The average Bonchev–Trinajstić information content (AvgIpc) is 3.22. The largest absolute Gasteiger partial charge is 0.494 e. The first-order chi connectivity index (χ1) is 13.2. The maximum absolute atomic E-state index is 12.8. The summed E-state index contributed by atoms with van der Waals surface area (Å²) in [6.45, 7) is 6.50. The van der Waals surface area contributed by atoms with Gasteiger partial charge in [-0.25, -0.2) is 19.9 Å². The second-order valence-corrected chi connectivity index (χ2v) is 6.03. The predicted molar refractivity (Wildman–Crippen MR) is 105 cm³/mol. The number of rotatable bonds is 5. The van der Waals surface area contributed by atoms with Gasteiger partial charge in [0.2, 0.25) is 0 Å². The molecule has 2 aromatic carbocycles. The quantitative estimate of drug-likeness (QED) is 0.497. The molecule has 0 radical (unpaired) electrons. The molecule has 7 heteroatoms. The summed E-state index contributed by atoms with van der Waals surface area (Å²) in [5.41, 5.74) is 2.47. The van der Waals surface area contributed by atoms with Crippen LogP contribution in [0.25, 0.3) is 29.8 Å². The molecule has 0 atom stereocenters. The van der Waals surface area contributed by atoms with Crippen LogP contribution in [-0.4, -0.2) is 21.4 Å². The first-order valence-corrected chi connectivity index (χ1v) is 8.65. The van der Waals surface area contributed by atoms with E-state index in [1.807, 2.05) is 55.5 Å². The molecule has 2 aromatic heterocycles. The molecule has 4 N–H and O–H groups in total. The molecule has 4 rings (SSSR count). The van der Waals surface area contributed by atoms with E-state index in [1.54, 1.807) is 6.20 Å². The molecule has 4 aromatic rings. The van der Waals surface area contributed by atoms with Crippen molar-refractivity contribution in [2.24, 2.45) is 0 Å². The van der Waals surface area contributed by atoms with Gasteiger partial charge in [0.1, 0.15) is 16.8 Å². The van der Waals surface area contributed by atoms with Crippen molar-refractivity contribution in [3.63, 3.8) is 0 Å². The number of aromatic amines is 3. The number of imidazole rings is 1. The summed E-state index contributed by atoms with van der Waals surface area (Å²) in [5, 5.41) is 7.09. The molecule has 0 fully saturated rings. The lowest BCUT2D eigenvalue weighted by Crippen LogP contribution is -2.35. The van der Waals surface area contributed by atoms with Gasteiger partial charge in [0.15, 0.2) is 0 Å². The fourth-order valence-corrected chi connectivity index (χ4v) is 2.87. The average molecular weight is 362 g/mol. The Morgan fingerprint density at radius 2 is 2.00 bits per heavy atom. The van der Waals surface area contributed by atoms with Crippen molar-refractivity contribution in [2.45, 2.75) is 6.92 Å². The maximum Gasteiger partial charge on any atom is 0.386 e. The van der Waals surface area contributed by atoms with Crippen LogP contribution in [0.4, 0.5) is 5.69 Å². The maximum atomic E-state index is 12.8. The Hall–Kier alpha value is -3.74. The number of H-pyrrole nitrogens is 3. The topological polar surface area (TPSA) is 89.0 Å². The third kappa shape index (κ3) is 3.22. The van der Waals surface area contributed by atoms with Crippen molar-refractivity contribution in [2.75, 3.05) is 11.9 Å². The molecule has 0 saturated heterocycles. The van der Waals surface area contributed by atoms with E-state index in [1.165, 1.54) is 4.68 Å². The SMILES string of the molecule is C=c1[nH]n(-c2[nH]c3ccccc3[nH+]2)c(=O)c1=CNc1ccc(OCC)cc1. The first-order valence-electron chi connectivity index (χ1n) is 8.65. The summed E-state index contributed by atoms with van der Waals surface area (Å²) in [6, 6.07) is 15.3. The molecule has 7 nitrogen and oxygen atoms in total. The van der Waals surface area contributed by atoms with Gasteiger partial charge < -0.3 is 10.1 Å². The number of anilines is 1. The highest BCUT2D eigenvalue weighted by Crippen LogP contribution is 2.15. The molecule has 0 spiro atoms. The Labute approximate surface area is 154 Å². The van der Waals surface area contributed by atoms with Crippen LogP contribution in [-0.2, 0) is 0 Å². The molecular weight excluding hydrogens is 342 g/mol. The van der Waals surface area contributed by atoms with Crippen LogP contribution in [0.2, 0.25) is 0 Å². The summed E-state index contributed by atoms with van der Waals surface area (Å²) < 4.78 is 6.84. The minimum Gasteiger partial charge on any atom is -0.494 e. The van der Waals surface area contributed by atoms with Gasteiger partial charge in [0.25, 0.3) is 0 Å². The fraction of sp³-hybridized carbons (Fsp3) is 0.100. The number of benzene rings is 2. The van der Waals surface area contributed by atoms with E-state index < -0.39 is 0 Å². The minimum atomic E-state index is -0.207. The van der Waals surface area contributed by atoms with Crippen LogP contribution in [0.3, 0.4) is 0 Å². The Bertz CT molecular complexity index is 1220. The molecule has 136 valence electrons. The van der Waals surface area contributed by atoms with Gasteiger partial charge in [0.05, 0.1) is 17.2 Å². The van der Waals surface area contributed by atoms with Crippen molar-refractivity contribution < 1.29 is 9.72 Å². The lowest BCUT2D eigenvalue weighted by Gasteiger charge is -2.04. The van der Waals surface area contributed by atoms with Crippen molar-refractivity contribution in [1.82, 2.24) is 14.8 Å². The Kier molecular flexibility index (Phi) is 4.25. The second kappa shape index (κ2) is 6.87. The zero-order valence-electron chi connectivity index (χ0n) is 14.9. The fourth-order valence-electron chi connectivity index (χ4n) is 2.87. The van der Waals surface area contributed by atoms with Gasteiger partial charge >= 0.3 is 11.5 Å². The van der Waals surface area contributed by atoms with Gasteiger partial charge in [-0.3, -0.25) is 0 Å². The molecule has 27 heavy (non-hydrogen) atoms. The molecule has 0 bridgehead atoms. The molecule has 0 aliphatic carbocycles. The summed E-state index contributed by atoms with van der Waals surface area (Å²) in [4.78, 5) is 19.2. The lowest BCUT2D eigenvalue weighted by atomic mass is 10.3. The molecule has 0 aliphatic rings. The predicted octanol–water partition coefficient (Wildman–Crippen LogP) is 1.12. The highest BCUT2D eigenvalue weighted by molar-refractivity contribution is 5.71. The van der Waals surface area contributed by atoms with Crippen LogP contribution in [0.15, 0.2) is 53.3 Å². The number of aromatic nitrogens is 4. The molecule has 0 saturated carbocycles. The highest BCUT2D eigenvalue weighted by Gasteiger charge is 2.15. The van der Waals surface area contributed by atoms with Crippen LogP contribution < -0.4 is 31.2 Å². The van der Waals surface area contributed by atoms with Gasteiger partial charge in [-0.15, -0.1) is 0 Å². The van der Waals surface area contributed by atoms with Crippen molar-refractivity contribution >= 4 is 29.5 Å². The Morgan fingerprint density at radius 3 is 2.74 bits per heavy atom. The van der Waals surface area contributed by atoms with Gasteiger partial charge in [-0.05, 0) is 43.3 Å². The number of hydrogen-bond acceptors (Lipinski definition) is 3. The first kappa shape index (κ1) is 16.7. The number of nitrogens with zero attached hydrogens (tertiary/aromatic N) is 1.